The van der Waals surface area contributed by atoms with Gasteiger partial charge in [0.15, 0.2) is 12.4 Å². The average molecular weight is 431 g/mol. The number of nitrogens with one attached hydrogen (secondary N) is 2. The SMILES string of the molecule is Cc1ccc(NC(=O)COc2cccc(CNc3cc(Cl)c(O)c(Cl)c3)c2)cc1. The molecular formula is C22H20Cl2N2O3. The van der Waals surface area contributed by atoms with Crippen LogP contribution in [0.3, 0.4) is 0 Å². The number of rotatable bonds is 7. The van der Waals surface area contributed by atoms with E-state index in [4.69, 9.17) is 27.9 Å². The Morgan fingerprint density at radius 1 is 1.00 bits per heavy atom. The summed E-state index contributed by atoms with van der Waals surface area (Å²) in [5.41, 5.74) is 3.48. The molecule has 150 valence electrons. The van der Waals surface area contributed by atoms with Crippen molar-refractivity contribution in [1.29, 1.82) is 0 Å². The first-order valence-electron chi connectivity index (χ1n) is 8.91. The first kappa shape index (κ1) is 20.8. The second kappa shape index (κ2) is 9.54. The first-order chi connectivity index (χ1) is 13.9. The summed E-state index contributed by atoms with van der Waals surface area (Å²) in [6.45, 7) is 2.39. The molecule has 0 fully saturated rings. The summed E-state index contributed by atoms with van der Waals surface area (Å²) in [4.78, 5) is 12.1. The first-order valence-corrected chi connectivity index (χ1v) is 9.66. The fourth-order valence-corrected chi connectivity index (χ4v) is 3.09. The molecule has 0 heterocycles. The molecule has 0 spiro atoms. The molecule has 3 rings (SSSR count). The van der Waals surface area contributed by atoms with Gasteiger partial charge in [0.05, 0.1) is 10.0 Å². The quantitative estimate of drug-likeness (QED) is 0.424. The number of aryl methyl sites for hydroxylation is 1. The Balaban J connectivity index is 1.54. The van der Waals surface area contributed by atoms with Crippen LogP contribution in [0.15, 0.2) is 60.7 Å². The van der Waals surface area contributed by atoms with Crippen molar-refractivity contribution in [2.24, 2.45) is 0 Å². The van der Waals surface area contributed by atoms with E-state index >= 15 is 0 Å². The molecule has 7 heteroatoms. The molecule has 0 aromatic heterocycles. The lowest BCUT2D eigenvalue weighted by molar-refractivity contribution is -0.118. The molecule has 0 aliphatic rings. The summed E-state index contributed by atoms with van der Waals surface area (Å²) in [6, 6.07) is 18.2. The smallest absolute Gasteiger partial charge is 0.262 e. The van der Waals surface area contributed by atoms with Gasteiger partial charge in [0.2, 0.25) is 0 Å². The highest BCUT2D eigenvalue weighted by Gasteiger charge is 2.07. The Labute approximate surface area is 179 Å². The van der Waals surface area contributed by atoms with E-state index < -0.39 is 0 Å². The molecular weight excluding hydrogens is 411 g/mol. The van der Waals surface area contributed by atoms with Crippen LogP contribution >= 0.6 is 23.2 Å². The third kappa shape index (κ3) is 6.04. The number of carbonyl (C=O) groups is 1. The number of aromatic hydroxyl groups is 1. The molecule has 0 saturated heterocycles. The maximum atomic E-state index is 12.1. The summed E-state index contributed by atoms with van der Waals surface area (Å²) >= 11 is 11.9. The molecule has 0 bridgehead atoms. The van der Waals surface area contributed by atoms with Crippen LogP contribution < -0.4 is 15.4 Å². The monoisotopic (exact) mass is 430 g/mol. The Morgan fingerprint density at radius 3 is 2.38 bits per heavy atom. The van der Waals surface area contributed by atoms with Crippen LogP contribution in [0.1, 0.15) is 11.1 Å². The molecule has 1 amide bonds. The molecule has 3 N–H and O–H groups in total. The van der Waals surface area contributed by atoms with Crippen molar-refractivity contribution in [3.8, 4) is 11.5 Å². The molecule has 0 radical (unpaired) electrons. The predicted octanol–water partition coefficient (Wildman–Crippen LogP) is 5.64. The summed E-state index contributed by atoms with van der Waals surface area (Å²) in [7, 11) is 0. The Morgan fingerprint density at radius 2 is 1.69 bits per heavy atom. The number of hydrogen-bond donors (Lipinski definition) is 3. The summed E-state index contributed by atoms with van der Waals surface area (Å²) in [5.74, 6) is 0.217. The number of phenols is 1. The topological polar surface area (TPSA) is 70.6 Å². The fraction of sp³-hybridized carbons (Fsp3) is 0.136. The molecule has 0 saturated carbocycles. The van der Waals surface area contributed by atoms with Crippen LogP contribution in [0.2, 0.25) is 10.0 Å². The maximum Gasteiger partial charge on any atom is 0.262 e. The number of anilines is 2. The fourth-order valence-electron chi connectivity index (χ4n) is 2.60. The van der Waals surface area contributed by atoms with E-state index in [1.54, 1.807) is 18.2 Å². The van der Waals surface area contributed by atoms with E-state index in [9.17, 15) is 9.90 Å². The summed E-state index contributed by atoms with van der Waals surface area (Å²) in [6.07, 6.45) is 0. The zero-order valence-electron chi connectivity index (χ0n) is 15.7. The zero-order chi connectivity index (χ0) is 20.8. The van der Waals surface area contributed by atoms with Crippen molar-refractivity contribution in [2.45, 2.75) is 13.5 Å². The van der Waals surface area contributed by atoms with Crippen molar-refractivity contribution in [1.82, 2.24) is 0 Å². The van der Waals surface area contributed by atoms with E-state index in [2.05, 4.69) is 10.6 Å². The summed E-state index contributed by atoms with van der Waals surface area (Å²) < 4.78 is 5.60. The Kier molecular flexibility index (Phi) is 6.86. The molecule has 29 heavy (non-hydrogen) atoms. The third-order valence-electron chi connectivity index (χ3n) is 4.12. The molecule has 0 aliphatic carbocycles. The second-order valence-electron chi connectivity index (χ2n) is 6.49. The van der Waals surface area contributed by atoms with Crippen molar-refractivity contribution in [3.63, 3.8) is 0 Å². The Bertz CT molecular complexity index is 984. The van der Waals surface area contributed by atoms with Gasteiger partial charge in [-0.1, -0.05) is 53.0 Å². The van der Waals surface area contributed by atoms with Gasteiger partial charge in [-0.05, 0) is 48.9 Å². The molecule has 0 aliphatic heterocycles. The molecule has 3 aromatic rings. The standard InChI is InChI=1S/C22H20Cl2N2O3/c1-14-5-7-16(8-6-14)26-21(27)13-29-18-4-2-3-15(9-18)12-25-17-10-19(23)22(28)20(24)11-17/h2-11,25,28H,12-13H2,1H3,(H,26,27). The van der Waals surface area contributed by atoms with Crippen molar-refractivity contribution >= 4 is 40.5 Å². The normalized spacial score (nSPS) is 10.4. The molecule has 5 nitrogen and oxygen atoms in total. The van der Waals surface area contributed by atoms with Gasteiger partial charge in [0.1, 0.15) is 5.75 Å². The average Bonchev–Trinajstić information content (AvgIpc) is 2.71. The van der Waals surface area contributed by atoms with Gasteiger partial charge in [-0.3, -0.25) is 4.79 Å². The molecule has 0 atom stereocenters. The number of benzene rings is 3. The Hall–Kier alpha value is -2.89. The number of ether oxygens (including phenoxy) is 1. The lowest BCUT2D eigenvalue weighted by atomic mass is 10.2. The third-order valence-corrected chi connectivity index (χ3v) is 4.69. The minimum atomic E-state index is -0.231. The predicted molar refractivity (Wildman–Crippen MR) is 117 cm³/mol. The van der Waals surface area contributed by atoms with E-state index in [0.717, 1.165) is 16.8 Å². The summed E-state index contributed by atoms with van der Waals surface area (Å²) in [5, 5.41) is 16.0. The number of amides is 1. The molecule has 0 unspecified atom stereocenters. The van der Waals surface area contributed by atoms with Crippen LogP contribution in [0, 0.1) is 6.92 Å². The van der Waals surface area contributed by atoms with Gasteiger partial charge in [0, 0.05) is 17.9 Å². The van der Waals surface area contributed by atoms with Gasteiger partial charge >= 0.3 is 0 Å². The van der Waals surface area contributed by atoms with Gasteiger partial charge in [-0.2, -0.15) is 0 Å². The number of hydrogen-bond acceptors (Lipinski definition) is 4. The van der Waals surface area contributed by atoms with Gasteiger partial charge in [-0.15, -0.1) is 0 Å². The van der Waals surface area contributed by atoms with Crippen LogP contribution in [0.4, 0.5) is 11.4 Å². The largest absolute Gasteiger partial charge is 0.505 e. The van der Waals surface area contributed by atoms with Crippen LogP contribution in [0.5, 0.6) is 11.5 Å². The van der Waals surface area contributed by atoms with Crippen LogP contribution in [0.25, 0.3) is 0 Å². The van der Waals surface area contributed by atoms with Crippen molar-refractivity contribution in [2.75, 3.05) is 17.2 Å². The minimum Gasteiger partial charge on any atom is -0.505 e. The van der Waals surface area contributed by atoms with Crippen LogP contribution in [-0.4, -0.2) is 17.6 Å². The van der Waals surface area contributed by atoms with Crippen molar-refractivity contribution < 1.29 is 14.6 Å². The van der Waals surface area contributed by atoms with Crippen molar-refractivity contribution in [3.05, 3.63) is 81.8 Å². The second-order valence-corrected chi connectivity index (χ2v) is 7.31. The number of phenolic OH excluding ortho intramolecular Hbond substituents is 1. The number of halogens is 2. The zero-order valence-corrected chi connectivity index (χ0v) is 17.2. The van der Waals surface area contributed by atoms with E-state index in [-0.39, 0.29) is 28.3 Å². The highest BCUT2D eigenvalue weighted by molar-refractivity contribution is 6.37. The van der Waals surface area contributed by atoms with Gasteiger partial charge < -0.3 is 20.5 Å². The molecule has 3 aromatic carbocycles. The highest BCUT2D eigenvalue weighted by Crippen LogP contribution is 2.34. The van der Waals surface area contributed by atoms with E-state index in [1.807, 2.05) is 49.4 Å². The lowest BCUT2D eigenvalue weighted by Crippen LogP contribution is -2.20. The maximum absolute atomic E-state index is 12.1. The number of carbonyl (C=O) groups excluding carboxylic acids is 1. The lowest BCUT2D eigenvalue weighted by Gasteiger charge is -2.11. The van der Waals surface area contributed by atoms with Gasteiger partial charge in [0.25, 0.3) is 5.91 Å². The van der Waals surface area contributed by atoms with E-state index in [1.165, 1.54) is 0 Å². The highest BCUT2D eigenvalue weighted by atomic mass is 35.5. The minimum absolute atomic E-state index is 0.0893. The van der Waals surface area contributed by atoms with Gasteiger partial charge in [-0.25, -0.2) is 0 Å². The van der Waals surface area contributed by atoms with Crippen LogP contribution in [-0.2, 0) is 11.3 Å². The van der Waals surface area contributed by atoms with E-state index in [0.29, 0.717) is 18.0 Å².